The summed E-state index contributed by atoms with van der Waals surface area (Å²) in [5.74, 6) is -0.198. The molecule has 220 valence electrons. The Bertz CT molecular complexity index is 1630. The molecule has 3 aromatic carbocycles. The molecule has 3 atom stereocenters. The van der Waals surface area contributed by atoms with E-state index in [0.717, 1.165) is 59.4 Å². The van der Waals surface area contributed by atoms with Crippen LogP contribution in [-0.4, -0.2) is 55.2 Å². The van der Waals surface area contributed by atoms with Crippen molar-refractivity contribution in [3.8, 4) is 5.75 Å². The molecule has 9 nitrogen and oxygen atoms in total. The number of hydrogen-bond acceptors (Lipinski definition) is 6. The summed E-state index contributed by atoms with van der Waals surface area (Å²) in [7, 11) is 1.88. The highest BCUT2D eigenvalue weighted by molar-refractivity contribution is 5.81. The third kappa shape index (κ3) is 5.25. The van der Waals surface area contributed by atoms with Gasteiger partial charge < -0.3 is 14.9 Å². The summed E-state index contributed by atoms with van der Waals surface area (Å²) < 4.78 is 8.01. The van der Waals surface area contributed by atoms with E-state index in [1.807, 2.05) is 40.0 Å². The number of carboxylic acid groups (broad SMARTS) is 2. The first-order valence-corrected chi connectivity index (χ1v) is 14.3. The first-order valence-electron chi connectivity index (χ1n) is 14.3. The van der Waals surface area contributed by atoms with Crippen LogP contribution in [0.25, 0.3) is 11.0 Å². The van der Waals surface area contributed by atoms with Gasteiger partial charge in [0.05, 0.1) is 10.9 Å². The molecule has 0 amide bonds. The average Bonchev–Trinajstić information content (AvgIpc) is 3.49. The van der Waals surface area contributed by atoms with E-state index in [9.17, 15) is 9.90 Å². The van der Waals surface area contributed by atoms with E-state index in [0.29, 0.717) is 0 Å². The van der Waals surface area contributed by atoms with Crippen LogP contribution in [0.2, 0.25) is 0 Å². The summed E-state index contributed by atoms with van der Waals surface area (Å²) in [6.45, 7) is 9.25. The van der Waals surface area contributed by atoms with E-state index in [2.05, 4.69) is 64.6 Å². The minimum atomic E-state index is -1.03. The Morgan fingerprint density at radius 1 is 1.14 bits per heavy atom. The van der Waals surface area contributed by atoms with Gasteiger partial charge in [-0.25, -0.2) is 4.68 Å². The number of aryl methyl sites for hydroxylation is 3. The van der Waals surface area contributed by atoms with Gasteiger partial charge in [0.2, 0.25) is 0 Å². The fraction of sp³-hybridized carbons (Fsp3) is 0.394. The molecule has 0 saturated carbocycles. The Morgan fingerprint density at radius 3 is 2.62 bits per heavy atom. The number of nitrogens with zero attached hydrogens (tertiary/aromatic N) is 4. The van der Waals surface area contributed by atoms with E-state index in [1.54, 1.807) is 4.68 Å². The molecule has 0 spiro atoms. The third-order valence-corrected chi connectivity index (χ3v) is 8.82. The maximum atomic E-state index is 12.7. The molecule has 1 aliphatic carbocycles. The van der Waals surface area contributed by atoms with E-state index >= 15 is 0 Å². The number of hydrogen-bond donors (Lipinski definition) is 2. The molecule has 2 aliphatic rings. The van der Waals surface area contributed by atoms with Crippen LogP contribution >= 0.6 is 0 Å². The number of aliphatic carboxylic acids is 1. The van der Waals surface area contributed by atoms with Crippen molar-refractivity contribution in [2.75, 3.05) is 6.54 Å². The zero-order chi connectivity index (χ0) is 30.2. The summed E-state index contributed by atoms with van der Waals surface area (Å²) in [6.07, 6.45) is 2.15. The molecule has 2 unspecified atom stereocenters. The molecule has 2 heterocycles. The minimum absolute atomic E-state index is 0.0842. The van der Waals surface area contributed by atoms with Crippen LogP contribution in [0.1, 0.15) is 72.5 Å². The predicted octanol–water partition coefficient (Wildman–Crippen LogP) is 5.49. The third-order valence-electron chi connectivity index (χ3n) is 8.82. The number of fused-ring (bicyclic) bond motifs is 3. The van der Waals surface area contributed by atoms with Crippen molar-refractivity contribution < 1.29 is 24.5 Å². The zero-order valence-corrected chi connectivity index (χ0v) is 24.7. The minimum Gasteiger partial charge on any atom is -0.489 e. The van der Waals surface area contributed by atoms with Crippen LogP contribution in [0.3, 0.4) is 0 Å². The lowest BCUT2D eigenvalue weighted by atomic mass is 9.69. The molecular weight excluding hydrogens is 532 g/mol. The second-order valence-electron chi connectivity index (χ2n) is 11.9. The maximum absolute atomic E-state index is 12.7. The van der Waals surface area contributed by atoms with Crippen molar-refractivity contribution in [3.63, 3.8) is 0 Å². The zero-order valence-electron chi connectivity index (χ0n) is 24.7. The number of para-hydroxylation sites is 1. The van der Waals surface area contributed by atoms with Gasteiger partial charge in [-0.3, -0.25) is 14.5 Å². The SMILES string of the molecule is Cc1c(C(c2ccc3c(c2)C(N2Cc4ccccc4O[C@H](C)C2)CC3)C(C)(C)C(=O)O)ccc2c1nnn2C.O=CO. The molecule has 0 radical (unpaired) electrons. The van der Waals surface area contributed by atoms with Gasteiger partial charge in [-0.1, -0.05) is 47.7 Å². The molecule has 1 aromatic heterocycles. The topological polar surface area (TPSA) is 118 Å². The summed E-state index contributed by atoms with van der Waals surface area (Å²) in [5.41, 5.74) is 7.58. The Labute approximate surface area is 245 Å². The standard InChI is InChI=1S/C32H36N4O3.CH2O2/c1-19-17-36(18-23-8-6-7-9-28(23)39-19)26-14-12-21-10-11-22(16-25(21)26)29(32(3,4)31(37)38)24-13-15-27-30(20(24)2)33-34-35(27)5;2-1-3/h6-11,13,15-16,19,26,29H,12,14,17-18H2,1-5H3,(H,37,38);1H,(H,2,3)/t19-,26?,29?;/m1./s1. The Morgan fingerprint density at radius 2 is 1.88 bits per heavy atom. The van der Waals surface area contributed by atoms with Crippen molar-refractivity contribution in [2.24, 2.45) is 12.5 Å². The predicted molar refractivity (Wildman–Crippen MR) is 160 cm³/mol. The van der Waals surface area contributed by atoms with Crippen LogP contribution in [0.4, 0.5) is 0 Å². The highest BCUT2D eigenvalue weighted by Gasteiger charge is 2.41. The molecule has 0 saturated heterocycles. The first kappa shape index (κ1) is 29.3. The van der Waals surface area contributed by atoms with Gasteiger partial charge in [-0.05, 0) is 80.5 Å². The Kier molecular flexibility index (Phi) is 8.06. The van der Waals surface area contributed by atoms with Crippen molar-refractivity contribution >= 4 is 23.5 Å². The molecular formula is C33H38N4O5. The van der Waals surface area contributed by atoms with Crippen molar-refractivity contribution in [3.05, 3.63) is 88.0 Å². The van der Waals surface area contributed by atoms with Gasteiger partial charge in [0.1, 0.15) is 17.4 Å². The highest BCUT2D eigenvalue weighted by atomic mass is 16.5. The lowest BCUT2D eigenvalue weighted by Gasteiger charge is -2.34. The second-order valence-corrected chi connectivity index (χ2v) is 11.9. The number of rotatable bonds is 5. The van der Waals surface area contributed by atoms with Crippen LogP contribution < -0.4 is 4.74 Å². The van der Waals surface area contributed by atoms with Crippen molar-refractivity contribution in [1.29, 1.82) is 0 Å². The maximum Gasteiger partial charge on any atom is 0.310 e. The fourth-order valence-corrected chi connectivity index (χ4v) is 6.68. The molecule has 0 fully saturated rings. The number of aromatic nitrogens is 3. The smallest absolute Gasteiger partial charge is 0.310 e. The summed E-state index contributed by atoms with van der Waals surface area (Å²) in [6, 6.07) is 19.3. The van der Waals surface area contributed by atoms with Gasteiger partial charge in [0.15, 0.2) is 0 Å². The lowest BCUT2D eigenvalue weighted by Crippen LogP contribution is -2.34. The van der Waals surface area contributed by atoms with Crippen LogP contribution in [0.5, 0.6) is 5.75 Å². The normalized spacial score (nSPS) is 19.1. The molecule has 9 heteroatoms. The number of carbonyl (C=O) groups is 2. The van der Waals surface area contributed by atoms with E-state index in [4.69, 9.17) is 14.6 Å². The molecule has 0 bridgehead atoms. The largest absolute Gasteiger partial charge is 0.489 e. The first-order chi connectivity index (χ1) is 20.1. The summed E-state index contributed by atoms with van der Waals surface area (Å²) in [5, 5.41) is 25.9. The monoisotopic (exact) mass is 570 g/mol. The van der Waals surface area contributed by atoms with Crippen molar-refractivity contribution in [1.82, 2.24) is 19.9 Å². The number of ether oxygens (including phenoxy) is 1. The van der Waals surface area contributed by atoms with Crippen LogP contribution in [0.15, 0.2) is 54.6 Å². The van der Waals surface area contributed by atoms with Gasteiger partial charge in [0.25, 0.3) is 6.47 Å². The fourth-order valence-electron chi connectivity index (χ4n) is 6.68. The molecule has 6 rings (SSSR count). The number of benzene rings is 3. The summed E-state index contributed by atoms with van der Waals surface area (Å²) in [4.78, 5) is 23.6. The second kappa shape index (κ2) is 11.6. The Hall–Kier alpha value is -4.24. The number of carboxylic acids is 1. The van der Waals surface area contributed by atoms with Gasteiger partial charge in [0, 0.05) is 37.7 Å². The van der Waals surface area contributed by atoms with Gasteiger partial charge in [-0.2, -0.15) is 0 Å². The van der Waals surface area contributed by atoms with Crippen LogP contribution in [-0.2, 0) is 29.6 Å². The summed E-state index contributed by atoms with van der Waals surface area (Å²) >= 11 is 0. The average molecular weight is 571 g/mol. The molecule has 42 heavy (non-hydrogen) atoms. The van der Waals surface area contributed by atoms with E-state index < -0.39 is 11.4 Å². The quantitative estimate of drug-likeness (QED) is 0.303. The Balaban J connectivity index is 0.00000113. The van der Waals surface area contributed by atoms with E-state index in [-0.39, 0.29) is 24.5 Å². The van der Waals surface area contributed by atoms with Crippen molar-refractivity contribution in [2.45, 2.75) is 65.1 Å². The van der Waals surface area contributed by atoms with E-state index in [1.165, 1.54) is 16.7 Å². The molecule has 4 aromatic rings. The van der Waals surface area contributed by atoms with Crippen LogP contribution in [0, 0.1) is 12.3 Å². The van der Waals surface area contributed by atoms with Gasteiger partial charge in [-0.15, -0.1) is 5.10 Å². The lowest BCUT2D eigenvalue weighted by molar-refractivity contribution is -0.147. The molecule has 2 N–H and O–H groups in total. The highest BCUT2D eigenvalue weighted by Crippen LogP contribution is 2.46. The van der Waals surface area contributed by atoms with Gasteiger partial charge >= 0.3 is 5.97 Å². The molecule has 1 aliphatic heterocycles.